The van der Waals surface area contributed by atoms with Crippen LogP contribution in [0.2, 0.25) is 0 Å². The van der Waals surface area contributed by atoms with Crippen molar-refractivity contribution in [3.63, 3.8) is 0 Å². The van der Waals surface area contributed by atoms with Crippen LogP contribution in [0, 0.1) is 11.6 Å². The number of rotatable bonds is 2. The second-order valence-corrected chi connectivity index (χ2v) is 5.17. The van der Waals surface area contributed by atoms with E-state index in [2.05, 4.69) is 0 Å². The molecule has 7 nitrogen and oxygen atoms in total. The monoisotopic (exact) mass is 316 g/mol. The first kappa shape index (κ1) is 17.3. The van der Waals surface area contributed by atoms with Crippen molar-refractivity contribution in [3.05, 3.63) is 29.3 Å². The van der Waals surface area contributed by atoms with Crippen LogP contribution in [-0.2, 0) is 4.74 Å². The lowest BCUT2D eigenvalue weighted by atomic mass is 10.2. The maximum absolute atomic E-state index is 13.5. The van der Waals surface area contributed by atoms with Crippen molar-refractivity contribution in [1.82, 2.24) is 5.43 Å². The predicted molar refractivity (Wildman–Crippen MR) is 71.6 cm³/mol. The lowest BCUT2D eigenvalue weighted by Gasteiger charge is -2.24. The maximum Gasteiger partial charge on any atom is 0.431 e. The van der Waals surface area contributed by atoms with Crippen LogP contribution in [0.25, 0.3) is 0 Å². The molecule has 0 saturated heterocycles. The molecule has 0 radical (unpaired) electrons. The quantitative estimate of drug-likeness (QED) is 0.646. The number of hydrogen-bond donors (Lipinski definition) is 2. The van der Waals surface area contributed by atoms with E-state index in [1.807, 2.05) is 5.43 Å². The Bertz CT molecular complexity index is 590. The third kappa shape index (κ3) is 4.40. The summed E-state index contributed by atoms with van der Waals surface area (Å²) in [6, 6.07) is 1.19. The highest BCUT2D eigenvalue weighted by molar-refractivity contribution is 5.90. The summed E-state index contributed by atoms with van der Waals surface area (Å²) in [6.07, 6.45) is -2.88. The molecule has 2 amide bonds. The van der Waals surface area contributed by atoms with E-state index in [-0.39, 0.29) is 11.3 Å². The van der Waals surface area contributed by atoms with Crippen molar-refractivity contribution in [1.29, 1.82) is 0 Å². The summed E-state index contributed by atoms with van der Waals surface area (Å²) in [7, 11) is 0. The van der Waals surface area contributed by atoms with Crippen LogP contribution >= 0.6 is 0 Å². The van der Waals surface area contributed by atoms with E-state index in [0.29, 0.717) is 12.1 Å². The van der Waals surface area contributed by atoms with E-state index in [1.165, 1.54) is 0 Å². The minimum atomic E-state index is -1.71. The molecule has 9 heteroatoms. The molecule has 0 aliphatic heterocycles. The molecule has 0 fully saturated rings. The number of halogens is 2. The number of anilines is 1. The largest absolute Gasteiger partial charge is 0.463 e. The van der Waals surface area contributed by atoms with Crippen molar-refractivity contribution in [2.45, 2.75) is 26.4 Å². The van der Waals surface area contributed by atoms with Crippen LogP contribution < -0.4 is 10.4 Å². The van der Waals surface area contributed by atoms with E-state index < -0.39 is 40.7 Å². The summed E-state index contributed by atoms with van der Waals surface area (Å²) in [6.45, 7) is 4.65. The van der Waals surface area contributed by atoms with Gasteiger partial charge in [0.15, 0.2) is 6.29 Å². The second-order valence-electron chi connectivity index (χ2n) is 5.17. The number of nitrogens with zero attached hydrogens (tertiary/aromatic N) is 1. The third-order valence-corrected chi connectivity index (χ3v) is 2.23. The molecule has 120 valence electrons. The van der Waals surface area contributed by atoms with Crippen LogP contribution in [0.1, 0.15) is 31.1 Å². The summed E-state index contributed by atoms with van der Waals surface area (Å²) >= 11 is 0. The Kier molecular flexibility index (Phi) is 5.02. The van der Waals surface area contributed by atoms with Gasteiger partial charge in [-0.3, -0.25) is 4.79 Å². The van der Waals surface area contributed by atoms with Gasteiger partial charge in [-0.05, 0) is 20.8 Å². The number of ether oxygens (including phenoxy) is 1. The Morgan fingerprint density at radius 1 is 1.27 bits per heavy atom. The number of carboxylic acid groups (broad SMARTS) is 1. The average Bonchev–Trinajstić information content (AvgIpc) is 2.33. The minimum absolute atomic E-state index is 0.0408. The number of benzene rings is 1. The predicted octanol–water partition coefficient (Wildman–Crippen LogP) is 2.70. The summed E-state index contributed by atoms with van der Waals surface area (Å²) in [5.74, 6) is -2.52. The molecule has 1 rings (SSSR count). The normalized spacial score (nSPS) is 10.8. The second kappa shape index (κ2) is 6.37. The first-order chi connectivity index (χ1) is 10.0. The summed E-state index contributed by atoms with van der Waals surface area (Å²) in [5.41, 5.74) is -0.435. The number of hydrazine groups is 1. The van der Waals surface area contributed by atoms with Crippen molar-refractivity contribution in [3.8, 4) is 0 Å². The highest BCUT2D eigenvalue weighted by atomic mass is 19.1. The van der Waals surface area contributed by atoms with E-state index >= 15 is 0 Å². The van der Waals surface area contributed by atoms with E-state index in [4.69, 9.17) is 9.84 Å². The summed E-state index contributed by atoms with van der Waals surface area (Å²) in [4.78, 5) is 33.2. The number of aldehydes is 1. The maximum atomic E-state index is 13.5. The van der Waals surface area contributed by atoms with Crippen molar-refractivity contribution in [2.24, 2.45) is 0 Å². The molecule has 0 bridgehead atoms. The third-order valence-electron chi connectivity index (χ3n) is 2.23. The lowest BCUT2D eigenvalue weighted by Crippen LogP contribution is -2.47. The number of hydrogen-bond acceptors (Lipinski definition) is 4. The fourth-order valence-electron chi connectivity index (χ4n) is 1.43. The van der Waals surface area contributed by atoms with Gasteiger partial charge in [0.25, 0.3) is 0 Å². The van der Waals surface area contributed by atoms with Gasteiger partial charge in [0.1, 0.15) is 17.2 Å². The Morgan fingerprint density at radius 3 is 2.14 bits per heavy atom. The summed E-state index contributed by atoms with van der Waals surface area (Å²) < 4.78 is 31.9. The zero-order valence-corrected chi connectivity index (χ0v) is 12.0. The van der Waals surface area contributed by atoms with Crippen LogP contribution in [0.15, 0.2) is 12.1 Å². The Hall–Kier alpha value is -2.71. The molecule has 2 N–H and O–H groups in total. The van der Waals surface area contributed by atoms with Crippen LogP contribution in [0.4, 0.5) is 24.1 Å². The number of nitrogens with one attached hydrogen (secondary N) is 1. The van der Waals surface area contributed by atoms with Crippen molar-refractivity contribution >= 4 is 24.2 Å². The molecule has 0 heterocycles. The lowest BCUT2D eigenvalue weighted by molar-refractivity contribution is 0.0518. The van der Waals surface area contributed by atoms with Gasteiger partial charge in [-0.25, -0.2) is 23.8 Å². The van der Waals surface area contributed by atoms with Gasteiger partial charge >= 0.3 is 12.2 Å². The van der Waals surface area contributed by atoms with Gasteiger partial charge in [0.05, 0.1) is 11.3 Å². The SMILES string of the molecule is CC(C)(C)OC(=O)NN(C(=O)O)c1cc(F)c(C=O)c(F)c1. The van der Waals surface area contributed by atoms with Gasteiger partial charge in [-0.15, -0.1) is 0 Å². The molecular weight excluding hydrogens is 302 g/mol. The first-order valence-corrected chi connectivity index (χ1v) is 6.02. The molecule has 1 aromatic rings. The standard InChI is InChI=1S/C13H14F2N2O5/c1-13(2,3)22-11(19)16-17(12(20)21)7-4-9(14)8(6-18)10(15)5-7/h4-6H,1-3H3,(H,16,19)(H,20,21). The van der Waals surface area contributed by atoms with E-state index in [1.54, 1.807) is 20.8 Å². The first-order valence-electron chi connectivity index (χ1n) is 6.02. The highest BCUT2D eigenvalue weighted by Crippen LogP contribution is 2.20. The average molecular weight is 316 g/mol. The molecule has 0 atom stereocenters. The number of amides is 2. The zero-order valence-electron chi connectivity index (χ0n) is 12.0. The number of carbonyl (C=O) groups excluding carboxylic acids is 2. The Labute approximate surface area is 124 Å². The van der Waals surface area contributed by atoms with E-state index in [9.17, 15) is 23.2 Å². The van der Waals surface area contributed by atoms with Gasteiger partial charge in [0, 0.05) is 12.1 Å². The van der Waals surface area contributed by atoms with Crippen LogP contribution in [0.5, 0.6) is 0 Å². The van der Waals surface area contributed by atoms with Crippen molar-refractivity contribution in [2.75, 3.05) is 5.01 Å². The molecule has 0 unspecified atom stereocenters. The Morgan fingerprint density at radius 2 is 1.77 bits per heavy atom. The zero-order chi connectivity index (χ0) is 17.1. The highest BCUT2D eigenvalue weighted by Gasteiger charge is 2.24. The molecule has 1 aromatic carbocycles. The van der Waals surface area contributed by atoms with Crippen LogP contribution in [-0.4, -0.2) is 29.2 Å². The van der Waals surface area contributed by atoms with Gasteiger partial charge < -0.3 is 9.84 Å². The fraction of sp³-hybridized carbons (Fsp3) is 0.308. The minimum Gasteiger partial charge on any atom is -0.463 e. The van der Waals surface area contributed by atoms with Crippen molar-refractivity contribution < 1.29 is 33.0 Å². The molecule has 22 heavy (non-hydrogen) atoms. The molecule has 0 spiro atoms. The van der Waals surface area contributed by atoms with E-state index in [0.717, 1.165) is 0 Å². The fourth-order valence-corrected chi connectivity index (χ4v) is 1.43. The topological polar surface area (TPSA) is 95.9 Å². The van der Waals surface area contributed by atoms with Gasteiger partial charge in [0.2, 0.25) is 0 Å². The molecule has 0 aromatic heterocycles. The Balaban J connectivity index is 3.10. The summed E-state index contributed by atoms with van der Waals surface area (Å²) in [5, 5.41) is 9.20. The van der Waals surface area contributed by atoms with Gasteiger partial charge in [-0.2, -0.15) is 5.01 Å². The molecular formula is C13H14F2N2O5. The smallest absolute Gasteiger partial charge is 0.431 e. The molecule has 0 aliphatic carbocycles. The molecule has 0 saturated carbocycles. The van der Waals surface area contributed by atoms with Crippen LogP contribution in [0.3, 0.4) is 0 Å². The number of carbonyl (C=O) groups is 3. The van der Waals surface area contributed by atoms with Gasteiger partial charge in [-0.1, -0.05) is 0 Å². The molecule has 0 aliphatic rings.